The first kappa shape index (κ1) is 13.8. The number of anilines is 1. The summed E-state index contributed by atoms with van der Waals surface area (Å²) in [6.45, 7) is 6.57. The lowest BCUT2D eigenvalue weighted by atomic mass is 10.0. The van der Waals surface area contributed by atoms with Crippen molar-refractivity contribution in [3.05, 3.63) is 18.0 Å². The third kappa shape index (κ3) is 3.93. The first-order valence-corrected chi connectivity index (χ1v) is 6.18. The van der Waals surface area contributed by atoms with Crippen LogP contribution in [0.3, 0.4) is 0 Å². The lowest BCUT2D eigenvalue weighted by molar-refractivity contribution is 0.499. The van der Waals surface area contributed by atoms with E-state index in [2.05, 4.69) is 35.6 Å². The maximum atomic E-state index is 5.56. The highest BCUT2D eigenvalue weighted by molar-refractivity contribution is 7.80. The highest BCUT2D eigenvalue weighted by Gasteiger charge is 2.14. The Morgan fingerprint density at radius 2 is 2.12 bits per heavy atom. The molecule has 4 nitrogen and oxygen atoms in total. The molecule has 0 aliphatic carbocycles. The molecule has 1 aromatic rings. The normalized spacial score (nSPS) is 12.5. The summed E-state index contributed by atoms with van der Waals surface area (Å²) in [5.74, 6) is 1.31. The Hall–Kier alpha value is -1.23. The fourth-order valence-electron chi connectivity index (χ4n) is 1.69. The smallest absolute Gasteiger partial charge is 0.225 e. The molecule has 1 aromatic heterocycles. The van der Waals surface area contributed by atoms with Crippen LogP contribution < -0.4 is 10.6 Å². The van der Waals surface area contributed by atoms with Crippen molar-refractivity contribution in [2.75, 3.05) is 11.9 Å². The van der Waals surface area contributed by atoms with E-state index in [1.165, 1.54) is 0 Å². The van der Waals surface area contributed by atoms with Crippen LogP contribution in [0.15, 0.2) is 12.3 Å². The van der Waals surface area contributed by atoms with Crippen LogP contribution in [0.4, 0.5) is 5.95 Å². The van der Waals surface area contributed by atoms with Crippen LogP contribution in [0.1, 0.15) is 32.9 Å². The van der Waals surface area contributed by atoms with Crippen LogP contribution in [-0.2, 0) is 0 Å². The number of rotatable bonds is 5. The quantitative estimate of drug-likeness (QED) is 0.812. The summed E-state index contributed by atoms with van der Waals surface area (Å²) in [4.78, 5) is 11.0. The monoisotopic (exact) mass is 252 g/mol. The number of hydrogen-bond acceptors (Lipinski definition) is 4. The molecular formula is C12H20N4S. The molecule has 1 heterocycles. The zero-order chi connectivity index (χ0) is 13.0. The van der Waals surface area contributed by atoms with Crippen molar-refractivity contribution in [3.8, 4) is 0 Å². The second-order valence-corrected chi connectivity index (χ2v) is 5.14. The van der Waals surface area contributed by atoms with E-state index in [1.807, 2.05) is 7.05 Å². The second-order valence-electron chi connectivity index (χ2n) is 4.70. The molecule has 94 valence electrons. The van der Waals surface area contributed by atoms with E-state index < -0.39 is 0 Å². The summed E-state index contributed by atoms with van der Waals surface area (Å²) in [6.07, 6.45) is 2.78. The molecule has 1 rings (SSSR count). The fourth-order valence-corrected chi connectivity index (χ4v) is 1.81. The van der Waals surface area contributed by atoms with Gasteiger partial charge in [0.25, 0.3) is 0 Å². The third-order valence-electron chi connectivity index (χ3n) is 2.68. The molecule has 0 radical (unpaired) electrons. The summed E-state index contributed by atoms with van der Waals surface area (Å²) < 4.78 is 0. The van der Waals surface area contributed by atoms with Crippen molar-refractivity contribution in [2.45, 2.75) is 33.2 Å². The van der Waals surface area contributed by atoms with Crippen LogP contribution in [0, 0.1) is 5.92 Å². The lowest BCUT2D eigenvalue weighted by Gasteiger charge is -2.26. The van der Waals surface area contributed by atoms with Gasteiger partial charge in [0.15, 0.2) is 0 Å². The van der Waals surface area contributed by atoms with E-state index in [1.54, 1.807) is 12.3 Å². The number of hydrogen-bond donors (Lipinski definition) is 1. The molecule has 0 amide bonds. The van der Waals surface area contributed by atoms with E-state index in [-0.39, 0.29) is 0 Å². The van der Waals surface area contributed by atoms with Crippen LogP contribution in [0.25, 0.3) is 0 Å². The van der Waals surface area contributed by atoms with E-state index in [0.29, 0.717) is 28.6 Å². The molecule has 0 aliphatic rings. The molecule has 5 heteroatoms. The zero-order valence-electron chi connectivity index (χ0n) is 10.8. The molecule has 0 saturated carbocycles. The maximum absolute atomic E-state index is 5.56. The molecule has 0 aromatic carbocycles. The third-order valence-corrected chi connectivity index (χ3v) is 2.89. The average Bonchev–Trinajstić information content (AvgIpc) is 2.27. The van der Waals surface area contributed by atoms with Crippen molar-refractivity contribution in [2.24, 2.45) is 11.7 Å². The highest BCUT2D eigenvalue weighted by atomic mass is 32.1. The van der Waals surface area contributed by atoms with Crippen LogP contribution in [0.2, 0.25) is 0 Å². The van der Waals surface area contributed by atoms with Gasteiger partial charge in [-0.15, -0.1) is 0 Å². The molecular weight excluding hydrogens is 232 g/mol. The summed E-state index contributed by atoms with van der Waals surface area (Å²) in [7, 11) is 1.99. The fraction of sp³-hybridized carbons (Fsp3) is 0.583. The topological polar surface area (TPSA) is 55.0 Å². The second kappa shape index (κ2) is 5.91. The summed E-state index contributed by atoms with van der Waals surface area (Å²) in [5.41, 5.74) is 6.18. The van der Waals surface area contributed by atoms with Gasteiger partial charge in [0, 0.05) is 19.3 Å². The van der Waals surface area contributed by atoms with Gasteiger partial charge in [0.05, 0.1) is 0 Å². The van der Waals surface area contributed by atoms with Gasteiger partial charge in [-0.1, -0.05) is 26.1 Å². The Balaban J connectivity index is 2.84. The van der Waals surface area contributed by atoms with E-state index in [4.69, 9.17) is 18.0 Å². The molecule has 0 aliphatic heterocycles. The van der Waals surface area contributed by atoms with E-state index in [0.717, 1.165) is 6.42 Å². The van der Waals surface area contributed by atoms with Crippen LogP contribution in [0.5, 0.6) is 0 Å². The van der Waals surface area contributed by atoms with Gasteiger partial charge < -0.3 is 10.6 Å². The van der Waals surface area contributed by atoms with Crippen molar-refractivity contribution < 1.29 is 0 Å². The Morgan fingerprint density at radius 1 is 1.47 bits per heavy atom. The predicted molar refractivity (Wildman–Crippen MR) is 75.2 cm³/mol. The average molecular weight is 252 g/mol. The molecule has 1 unspecified atom stereocenters. The van der Waals surface area contributed by atoms with Gasteiger partial charge >= 0.3 is 0 Å². The molecule has 0 saturated heterocycles. The number of nitrogens with zero attached hydrogens (tertiary/aromatic N) is 3. The van der Waals surface area contributed by atoms with Crippen LogP contribution in [-0.4, -0.2) is 28.0 Å². The van der Waals surface area contributed by atoms with Crippen molar-refractivity contribution in [1.29, 1.82) is 0 Å². The molecule has 0 bridgehead atoms. The summed E-state index contributed by atoms with van der Waals surface area (Å²) in [5, 5.41) is 0. The van der Waals surface area contributed by atoms with Crippen molar-refractivity contribution >= 4 is 23.2 Å². The Bertz CT molecular complexity index is 392. The van der Waals surface area contributed by atoms with Gasteiger partial charge in [-0.05, 0) is 25.3 Å². The zero-order valence-corrected chi connectivity index (χ0v) is 11.7. The molecule has 1 atom stereocenters. The Kier molecular flexibility index (Phi) is 4.81. The van der Waals surface area contributed by atoms with Gasteiger partial charge in [-0.25, -0.2) is 9.97 Å². The van der Waals surface area contributed by atoms with Gasteiger partial charge in [0.2, 0.25) is 5.95 Å². The Morgan fingerprint density at radius 3 is 2.65 bits per heavy atom. The van der Waals surface area contributed by atoms with Gasteiger partial charge in [0.1, 0.15) is 10.7 Å². The number of thiocarbonyl (C=S) groups is 1. The van der Waals surface area contributed by atoms with E-state index in [9.17, 15) is 0 Å². The minimum atomic E-state index is 0.304. The van der Waals surface area contributed by atoms with Crippen molar-refractivity contribution in [3.63, 3.8) is 0 Å². The standard InChI is InChI=1S/C12H20N4S/c1-8(2)7-9(3)16(4)12-14-6-5-10(15-12)11(13)17/h5-6,8-9H,7H2,1-4H3,(H2,13,17). The van der Waals surface area contributed by atoms with Crippen molar-refractivity contribution in [1.82, 2.24) is 9.97 Å². The van der Waals surface area contributed by atoms with Crippen LogP contribution >= 0.6 is 12.2 Å². The summed E-state index contributed by atoms with van der Waals surface area (Å²) >= 11 is 4.91. The summed E-state index contributed by atoms with van der Waals surface area (Å²) in [6, 6.07) is 2.11. The van der Waals surface area contributed by atoms with E-state index >= 15 is 0 Å². The first-order chi connectivity index (χ1) is 7.91. The van der Waals surface area contributed by atoms with Gasteiger partial charge in [-0.3, -0.25) is 0 Å². The minimum Gasteiger partial charge on any atom is -0.388 e. The number of aromatic nitrogens is 2. The number of nitrogens with two attached hydrogens (primary N) is 1. The molecule has 0 spiro atoms. The highest BCUT2D eigenvalue weighted by Crippen LogP contribution is 2.15. The predicted octanol–water partition coefficient (Wildman–Crippen LogP) is 1.98. The molecule has 17 heavy (non-hydrogen) atoms. The first-order valence-electron chi connectivity index (χ1n) is 5.77. The van der Waals surface area contributed by atoms with Gasteiger partial charge in [-0.2, -0.15) is 0 Å². The molecule has 2 N–H and O–H groups in total. The molecule has 0 fully saturated rings. The maximum Gasteiger partial charge on any atom is 0.225 e. The minimum absolute atomic E-state index is 0.304. The lowest BCUT2D eigenvalue weighted by Crippen LogP contribution is -2.32. The largest absolute Gasteiger partial charge is 0.388 e. The SMILES string of the molecule is CC(C)CC(C)N(C)c1nccc(C(N)=S)n1. The Labute approximate surface area is 108 Å².